The maximum Gasteiger partial charge on any atom is 0.251 e. The number of amides is 2. The molecule has 0 aliphatic heterocycles. The number of methoxy groups -OCH3 is 1. The highest BCUT2D eigenvalue weighted by atomic mass is 32.2. The molecule has 0 aliphatic rings. The molecule has 0 radical (unpaired) electrons. The second-order valence-electron chi connectivity index (χ2n) is 7.22. The Kier molecular flexibility index (Phi) is 8.58. The van der Waals surface area contributed by atoms with Crippen LogP contribution in [0.2, 0.25) is 0 Å². The van der Waals surface area contributed by atoms with E-state index in [1.165, 1.54) is 38.3 Å². The molecular weight excluding hydrogens is 418 g/mol. The summed E-state index contributed by atoms with van der Waals surface area (Å²) in [6.07, 6.45) is 0.825. The molecule has 3 N–H and O–H groups in total. The molecule has 0 saturated heterocycles. The maximum atomic E-state index is 12.5. The quantitative estimate of drug-likeness (QED) is 0.517. The van der Waals surface area contributed by atoms with Crippen molar-refractivity contribution in [2.75, 3.05) is 7.11 Å². The summed E-state index contributed by atoms with van der Waals surface area (Å²) in [5, 5.41) is 5.59. The van der Waals surface area contributed by atoms with Crippen molar-refractivity contribution in [2.45, 2.75) is 50.7 Å². The zero-order valence-electron chi connectivity index (χ0n) is 18.1. The molecule has 8 nitrogen and oxygen atoms in total. The first-order valence-corrected chi connectivity index (χ1v) is 11.5. The van der Waals surface area contributed by atoms with Gasteiger partial charge in [0.05, 0.1) is 18.0 Å². The van der Waals surface area contributed by atoms with Gasteiger partial charge in [0.15, 0.2) is 0 Å². The van der Waals surface area contributed by atoms with Gasteiger partial charge in [-0.25, -0.2) is 8.42 Å². The van der Waals surface area contributed by atoms with Gasteiger partial charge in [-0.2, -0.15) is 4.72 Å². The van der Waals surface area contributed by atoms with Gasteiger partial charge in [0, 0.05) is 18.2 Å². The molecule has 0 spiro atoms. The molecule has 0 saturated carbocycles. The number of hydrogen-bond acceptors (Lipinski definition) is 5. The van der Waals surface area contributed by atoms with Crippen molar-refractivity contribution in [3.63, 3.8) is 0 Å². The summed E-state index contributed by atoms with van der Waals surface area (Å²) >= 11 is 0. The lowest BCUT2D eigenvalue weighted by Crippen LogP contribution is -2.44. The fourth-order valence-electron chi connectivity index (χ4n) is 2.68. The zero-order chi connectivity index (χ0) is 23.0. The van der Waals surface area contributed by atoms with E-state index < -0.39 is 22.0 Å². The van der Waals surface area contributed by atoms with Crippen LogP contribution in [-0.2, 0) is 21.4 Å². The molecule has 168 valence electrons. The van der Waals surface area contributed by atoms with Crippen molar-refractivity contribution in [2.24, 2.45) is 0 Å². The van der Waals surface area contributed by atoms with Crippen molar-refractivity contribution in [1.29, 1.82) is 0 Å². The number of carbonyl (C=O) groups is 2. The van der Waals surface area contributed by atoms with Crippen LogP contribution < -0.4 is 20.1 Å². The van der Waals surface area contributed by atoms with Gasteiger partial charge in [-0.1, -0.05) is 19.1 Å². The van der Waals surface area contributed by atoms with E-state index in [9.17, 15) is 18.0 Å². The maximum absolute atomic E-state index is 12.5. The molecule has 1 unspecified atom stereocenters. The minimum atomic E-state index is -3.86. The molecular formula is C22H29N3O5S. The Morgan fingerprint density at radius 2 is 1.74 bits per heavy atom. The molecule has 2 aromatic rings. The number of sulfonamides is 1. The summed E-state index contributed by atoms with van der Waals surface area (Å²) in [6.45, 7) is 5.54. The number of rotatable bonds is 10. The molecule has 0 aliphatic carbocycles. The third-order valence-corrected chi connectivity index (χ3v) is 6.30. The van der Waals surface area contributed by atoms with Gasteiger partial charge < -0.3 is 15.4 Å². The van der Waals surface area contributed by atoms with Crippen LogP contribution in [0.15, 0.2) is 53.4 Å². The lowest BCUT2D eigenvalue weighted by atomic mass is 10.1. The van der Waals surface area contributed by atoms with Gasteiger partial charge >= 0.3 is 0 Å². The molecule has 0 aromatic heterocycles. The van der Waals surface area contributed by atoms with Gasteiger partial charge in [-0.15, -0.1) is 0 Å². The van der Waals surface area contributed by atoms with Crippen molar-refractivity contribution >= 4 is 21.8 Å². The highest BCUT2D eigenvalue weighted by Crippen LogP contribution is 2.15. The fraction of sp³-hybridized carbons (Fsp3) is 0.364. The highest BCUT2D eigenvalue weighted by Gasteiger charge is 2.22. The summed E-state index contributed by atoms with van der Waals surface area (Å²) in [6, 6.07) is 11.9. The second-order valence-corrected chi connectivity index (χ2v) is 8.93. The van der Waals surface area contributed by atoms with E-state index in [0.717, 1.165) is 12.0 Å². The summed E-state index contributed by atoms with van der Waals surface area (Å²) in [5.41, 5.74) is 1.23. The summed E-state index contributed by atoms with van der Waals surface area (Å²) < 4.78 is 32.3. The lowest BCUT2D eigenvalue weighted by Gasteiger charge is -2.15. The van der Waals surface area contributed by atoms with E-state index >= 15 is 0 Å². The van der Waals surface area contributed by atoms with Crippen LogP contribution in [0.25, 0.3) is 0 Å². The Morgan fingerprint density at radius 1 is 1.06 bits per heavy atom. The Morgan fingerprint density at radius 3 is 2.35 bits per heavy atom. The summed E-state index contributed by atoms with van der Waals surface area (Å²) in [7, 11) is -2.38. The van der Waals surface area contributed by atoms with E-state index in [0.29, 0.717) is 11.3 Å². The van der Waals surface area contributed by atoms with E-state index in [1.54, 1.807) is 24.3 Å². The zero-order valence-corrected chi connectivity index (χ0v) is 19.0. The molecule has 2 rings (SSSR count). The molecule has 0 heterocycles. The number of nitrogens with one attached hydrogen (secondary N) is 3. The number of ether oxygens (including phenoxy) is 1. The molecule has 9 heteroatoms. The fourth-order valence-corrected chi connectivity index (χ4v) is 3.89. The van der Waals surface area contributed by atoms with Gasteiger partial charge in [-0.05, 0) is 62.2 Å². The average Bonchev–Trinajstić information content (AvgIpc) is 2.77. The minimum absolute atomic E-state index is 0.0352. The first-order valence-electron chi connectivity index (χ1n) is 10.00. The van der Waals surface area contributed by atoms with Gasteiger partial charge in [0.1, 0.15) is 5.75 Å². The summed E-state index contributed by atoms with van der Waals surface area (Å²) in [4.78, 5) is 24.7. The van der Waals surface area contributed by atoms with Crippen LogP contribution in [-0.4, -0.2) is 39.4 Å². The molecule has 31 heavy (non-hydrogen) atoms. The van der Waals surface area contributed by atoms with E-state index in [1.807, 2.05) is 13.8 Å². The SMILES string of the molecule is CCC(C)NC(=O)c1cccc(CNC(=O)[C@H](C)NS(=O)(=O)c2ccc(OC)cc2)c1. The normalized spacial score (nSPS) is 13.2. The molecule has 0 fully saturated rings. The largest absolute Gasteiger partial charge is 0.497 e. The molecule has 2 amide bonds. The third kappa shape index (κ3) is 7.08. The standard InChI is InChI=1S/C22H29N3O5S/c1-5-15(2)24-22(27)18-8-6-7-17(13-18)14-23-21(26)16(3)25-31(28,29)20-11-9-19(30-4)10-12-20/h6-13,15-16,25H,5,14H2,1-4H3,(H,23,26)(H,24,27)/t15?,16-/m0/s1. The van der Waals surface area contributed by atoms with Crippen molar-refractivity contribution < 1.29 is 22.7 Å². The molecule has 2 aromatic carbocycles. The van der Waals surface area contributed by atoms with Crippen LogP contribution in [0.1, 0.15) is 43.1 Å². The van der Waals surface area contributed by atoms with Crippen LogP contribution >= 0.6 is 0 Å². The van der Waals surface area contributed by atoms with Crippen LogP contribution in [0.3, 0.4) is 0 Å². The Balaban J connectivity index is 1.96. The Hall–Kier alpha value is -2.91. The molecule has 2 atom stereocenters. The summed E-state index contributed by atoms with van der Waals surface area (Å²) in [5.74, 6) is -0.125. The van der Waals surface area contributed by atoms with E-state index in [2.05, 4.69) is 15.4 Å². The predicted molar refractivity (Wildman–Crippen MR) is 118 cm³/mol. The highest BCUT2D eigenvalue weighted by molar-refractivity contribution is 7.89. The monoisotopic (exact) mass is 447 g/mol. The topological polar surface area (TPSA) is 114 Å². The van der Waals surface area contributed by atoms with Gasteiger partial charge in [0.2, 0.25) is 15.9 Å². The second kappa shape index (κ2) is 10.9. The minimum Gasteiger partial charge on any atom is -0.497 e. The smallest absolute Gasteiger partial charge is 0.251 e. The van der Waals surface area contributed by atoms with E-state index in [-0.39, 0.29) is 23.4 Å². The predicted octanol–water partition coefficient (Wildman–Crippen LogP) is 2.21. The third-order valence-electron chi connectivity index (χ3n) is 4.74. The Labute approximate surface area is 183 Å². The van der Waals surface area contributed by atoms with Crippen LogP contribution in [0.4, 0.5) is 0 Å². The first-order chi connectivity index (χ1) is 14.7. The van der Waals surface area contributed by atoms with Gasteiger partial charge in [-0.3, -0.25) is 9.59 Å². The van der Waals surface area contributed by atoms with E-state index in [4.69, 9.17) is 4.74 Å². The van der Waals surface area contributed by atoms with Gasteiger partial charge in [0.25, 0.3) is 5.91 Å². The van der Waals surface area contributed by atoms with Crippen molar-refractivity contribution in [3.05, 3.63) is 59.7 Å². The van der Waals surface area contributed by atoms with Crippen LogP contribution in [0.5, 0.6) is 5.75 Å². The average molecular weight is 448 g/mol. The van der Waals surface area contributed by atoms with Crippen molar-refractivity contribution in [1.82, 2.24) is 15.4 Å². The Bertz CT molecular complexity index is 1010. The van der Waals surface area contributed by atoms with Crippen molar-refractivity contribution in [3.8, 4) is 5.75 Å². The first kappa shape index (κ1) is 24.4. The van der Waals surface area contributed by atoms with Crippen LogP contribution in [0, 0.1) is 0 Å². The number of carbonyl (C=O) groups excluding carboxylic acids is 2. The number of benzene rings is 2. The lowest BCUT2D eigenvalue weighted by molar-refractivity contribution is -0.122. The number of hydrogen-bond donors (Lipinski definition) is 3. The molecule has 0 bridgehead atoms.